The van der Waals surface area contributed by atoms with Crippen molar-refractivity contribution in [3.05, 3.63) is 17.0 Å². The van der Waals surface area contributed by atoms with Gasteiger partial charge in [-0.15, -0.1) is 11.3 Å². The van der Waals surface area contributed by atoms with Crippen molar-refractivity contribution in [3.63, 3.8) is 0 Å². The molecule has 4 nitrogen and oxygen atoms in total. The van der Waals surface area contributed by atoms with Crippen LogP contribution in [0.1, 0.15) is 30.6 Å². The van der Waals surface area contributed by atoms with E-state index in [2.05, 4.69) is 5.32 Å². The second-order valence-corrected chi connectivity index (χ2v) is 5.08. The van der Waals surface area contributed by atoms with E-state index in [9.17, 15) is 9.90 Å². The molecule has 1 aromatic rings. The van der Waals surface area contributed by atoms with E-state index in [1.165, 1.54) is 11.3 Å². The van der Waals surface area contributed by atoms with Crippen LogP contribution in [-0.2, 0) is 4.79 Å². The third-order valence-corrected chi connectivity index (χ3v) is 3.85. The van der Waals surface area contributed by atoms with Crippen LogP contribution >= 0.6 is 11.3 Å². The number of nitrogens with one attached hydrogen (secondary N) is 1. The topological polar surface area (TPSA) is 73.1 Å². The fourth-order valence-corrected chi connectivity index (χ4v) is 2.87. The van der Waals surface area contributed by atoms with Gasteiger partial charge in [0.1, 0.15) is 16.5 Å². The number of rotatable bonds is 3. The van der Waals surface area contributed by atoms with Crippen LogP contribution < -0.4 is 5.32 Å². The van der Waals surface area contributed by atoms with E-state index in [1.54, 1.807) is 12.1 Å². The van der Waals surface area contributed by atoms with E-state index < -0.39 is 11.5 Å². The van der Waals surface area contributed by atoms with Crippen molar-refractivity contribution in [1.82, 2.24) is 0 Å². The van der Waals surface area contributed by atoms with Gasteiger partial charge in [-0.25, -0.2) is 4.79 Å². The van der Waals surface area contributed by atoms with E-state index in [0.717, 1.165) is 17.8 Å². The zero-order chi connectivity index (χ0) is 11.6. The molecule has 5 heteroatoms. The number of hydrogen-bond donors (Lipinski definition) is 2. The Kier molecular flexibility index (Phi) is 2.84. The van der Waals surface area contributed by atoms with Gasteiger partial charge in [-0.3, -0.25) is 0 Å². The summed E-state index contributed by atoms with van der Waals surface area (Å²) in [7, 11) is 0. The number of carboxylic acids is 1. The fraction of sp³-hybridized carbons (Fsp3) is 0.455. The molecule has 0 aromatic carbocycles. The van der Waals surface area contributed by atoms with Crippen molar-refractivity contribution in [2.24, 2.45) is 0 Å². The van der Waals surface area contributed by atoms with Crippen molar-refractivity contribution in [3.8, 4) is 6.07 Å². The van der Waals surface area contributed by atoms with Crippen molar-refractivity contribution in [1.29, 1.82) is 5.26 Å². The lowest BCUT2D eigenvalue weighted by atomic mass is 9.98. The normalized spacial score (nSPS) is 17.9. The third-order valence-electron chi connectivity index (χ3n) is 2.95. The molecule has 1 saturated carbocycles. The van der Waals surface area contributed by atoms with E-state index in [4.69, 9.17) is 5.26 Å². The Labute approximate surface area is 97.5 Å². The second-order valence-electron chi connectivity index (χ2n) is 4.00. The van der Waals surface area contributed by atoms with E-state index in [-0.39, 0.29) is 0 Å². The lowest BCUT2D eigenvalue weighted by Gasteiger charge is -2.25. The quantitative estimate of drug-likeness (QED) is 0.845. The molecule has 0 unspecified atom stereocenters. The molecule has 84 valence electrons. The average molecular weight is 236 g/mol. The summed E-state index contributed by atoms with van der Waals surface area (Å²) >= 11 is 1.30. The highest BCUT2D eigenvalue weighted by Crippen LogP contribution is 2.35. The Morgan fingerprint density at radius 3 is 2.69 bits per heavy atom. The molecule has 1 aromatic heterocycles. The maximum absolute atomic E-state index is 11.3. The van der Waals surface area contributed by atoms with Gasteiger partial charge in [0, 0.05) is 0 Å². The van der Waals surface area contributed by atoms with Gasteiger partial charge in [-0.2, -0.15) is 5.26 Å². The molecule has 1 fully saturated rings. The van der Waals surface area contributed by atoms with E-state index in [1.807, 2.05) is 6.07 Å². The number of carboxylic acid groups (broad SMARTS) is 1. The molecule has 0 aliphatic heterocycles. The Morgan fingerprint density at radius 2 is 2.19 bits per heavy atom. The number of thiophene rings is 1. The smallest absolute Gasteiger partial charge is 0.329 e. The predicted molar refractivity (Wildman–Crippen MR) is 61.5 cm³/mol. The minimum Gasteiger partial charge on any atom is -0.480 e. The Bertz CT molecular complexity index is 441. The molecule has 2 rings (SSSR count). The summed E-state index contributed by atoms with van der Waals surface area (Å²) in [4.78, 5) is 11.9. The zero-order valence-electron chi connectivity index (χ0n) is 8.69. The Balaban J connectivity index is 2.18. The molecule has 2 N–H and O–H groups in total. The number of carbonyl (C=O) groups is 1. The van der Waals surface area contributed by atoms with Crippen molar-refractivity contribution < 1.29 is 9.90 Å². The Morgan fingerprint density at radius 1 is 1.50 bits per heavy atom. The maximum Gasteiger partial charge on any atom is 0.329 e. The van der Waals surface area contributed by atoms with E-state index in [0.29, 0.717) is 17.7 Å². The van der Waals surface area contributed by atoms with Crippen LogP contribution in [0.4, 0.5) is 5.00 Å². The van der Waals surface area contributed by atoms with Crippen LogP contribution in [0.5, 0.6) is 0 Å². The van der Waals surface area contributed by atoms with Crippen LogP contribution in [0.15, 0.2) is 12.1 Å². The molecule has 0 bridgehead atoms. The van der Waals surface area contributed by atoms with Gasteiger partial charge in [-0.1, -0.05) is 12.8 Å². The first-order chi connectivity index (χ1) is 7.66. The van der Waals surface area contributed by atoms with Gasteiger partial charge in [0.2, 0.25) is 0 Å². The van der Waals surface area contributed by atoms with Crippen LogP contribution in [0.25, 0.3) is 0 Å². The summed E-state index contributed by atoms with van der Waals surface area (Å²) in [6.45, 7) is 0. The second kappa shape index (κ2) is 4.14. The van der Waals surface area contributed by atoms with Gasteiger partial charge in [0.15, 0.2) is 0 Å². The molecule has 0 saturated heterocycles. The molecule has 0 radical (unpaired) electrons. The minimum absolute atomic E-state index is 0.598. The monoisotopic (exact) mass is 236 g/mol. The average Bonchev–Trinajstić information content (AvgIpc) is 2.88. The first kappa shape index (κ1) is 11.0. The predicted octanol–water partition coefficient (Wildman–Crippen LogP) is 2.43. The number of nitriles is 1. The highest BCUT2D eigenvalue weighted by Gasteiger charge is 2.41. The summed E-state index contributed by atoms with van der Waals surface area (Å²) < 4.78 is 0. The van der Waals surface area contributed by atoms with Crippen LogP contribution in [0.3, 0.4) is 0 Å². The van der Waals surface area contributed by atoms with Gasteiger partial charge < -0.3 is 10.4 Å². The third kappa shape index (κ3) is 1.89. The number of aliphatic carboxylic acids is 1. The lowest BCUT2D eigenvalue weighted by molar-refractivity contribution is -0.142. The van der Waals surface area contributed by atoms with Crippen LogP contribution in [-0.4, -0.2) is 16.6 Å². The highest BCUT2D eigenvalue weighted by molar-refractivity contribution is 7.16. The molecule has 0 amide bonds. The molecule has 1 aliphatic rings. The summed E-state index contributed by atoms with van der Waals surface area (Å²) in [5, 5.41) is 21.8. The number of anilines is 1. The maximum atomic E-state index is 11.3. The van der Waals surface area contributed by atoms with Crippen molar-refractivity contribution in [2.45, 2.75) is 31.2 Å². The van der Waals surface area contributed by atoms with Crippen LogP contribution in [0.2, 0.25) is 0 Å². The van der Waals surface area contributed by atoms with Crippen molar-refractivity contribution >= 4 is 22.3 Å². The van der Waals surface area contributed by atoms with Gasteiger partial charge in [0.05, 0.1) is 5.00 Å². The standard InChI is InChI=1S/C11H12N2O2S/c12-7-8-3-4-9(16-8)13-11(10(14)15)5-1-2-6-11/h3-4,13H,1-2,5-6H2,(H,14,15). The highest BCUT2D eigenvalue weighted by atomic mass is 32.1. The minimum atomic E-state index is -0.822. The molecule has 16 heavy (non-hydrogen) atoms. The molecule has 1 aliphatic carbocycles. The first-order valence-electron chi connectivity index (χ1n) is 5.18. The SMILES string of the molecule is N#Cc1ccc(NC2(C(=O)O)CCCC2)s1. The first-order valence-corrected chi connectivity index (χ1v) is 5.99. The lowest BCUT2D eigenvalue weighted by Crippen LogP contribution is -2.43. The summed E-state index contributed by atoms with van der Waals surface area (Å²) in [5.74, 6) is -0.795. The zero-order valence-corrected chi connectivity index (χ0v) is 9.51. The number of nitrogens with zero attached hydrogens (tertiary/aromatic N) is 1. The van der Waals surface area contributed by atoms with Gasteiger partial charge in [0.25, 0.3) is 0 Å². The molecule has 1 heterocycles. The van der Waals surface area contributed by atoms with Crippen LogP contribution in [0, 0.1) is 11.3 Å². The summed E-state index contributed by atoms with van der Waals surface area (Å²) in [6.07, 6.45) is 3.19. The Hall–Kier alpha value is -1.54. The fourth-order valence-electron chi connectivity index (χ4n) is 2.07. The molecule has 0 spiro atoms. The van der Waals surface area contributed by atoms with Gasteiger partial charge >= 0.3 is 5.97 Å². The van der Waals surface area contributed by atoms with E-state index >= 15 is 0 Å². The summed E-state index contributed by atoms with van der Waals surface area (Å²) in [6, 6.07) is 5.52. The van der Waals surface area contributed by atoms with Gasteiger partial charge in [-0.05, 0) is 25.0 Å². The summed E-state index contributed by atoms with van der Waals surface area (Å²) in [5.41, 5.74) is -0.822. The molecular weight excluding hydrogens is 224 g/mol. The molecule has 0 atom stereocenters. The number of hydrogen-bond acceptors (Lipinski definition) is 4. The molecular formula is C11H12N2O2S. The largest absolute Gasteiger partial charge is 0.480 e. The van der Waals surface area contributed by atoms with Crippen molar-refractivity contribution in [2.75, 3.05) is 5.32 Å².